The van der Waals surface area contributed by atoms with Gasteiger partial charge in [0.15, 0.2) is 0 Å². The van der Waals surface area contributed by atoms with Crippen LogP contribution in [0.4, 0.5) is 0 Å². The molecule has 0 N–H and O–H groups in total. The first-order valence-corrected chi connectivity index (χ1v) is 6.57. The molecule has 2 heteroatoms. The van der Waals surface area contributed by atoms with Gasteiger partial charge in [0, 0.05) is 11.8 Å². The molecule has 0 bridgehead atoms. The number of hydrogen-bond acceptors (Lipinski definition) is 2. The fourth-order valence-corrected chi connectivity index (χ4v) is 3.19. The number of carbonyl (C=O) groups excluding carboxylic acids is 2. The van der Waals surface area contributed by atoms with Gasteiger partial charge in [-0.3, -0.25) is 9.59 Å². The van der Waals surface area contributed by atoms with E-state index in [2.05, 4.69) is 13.2 Å². The summed E-state index contributed by atoms with van der Waals surface area (Å²) in [6.45, 7) is 15.3. The summed E-state index contributed by atoms with van der Waals surface area (Å²) in [6, 6.07) is 0. The number of Topliss-reactive ketones (excluding diaryl/α,β-unsaturated/α-hetero) is 2. The van der Waals surface area contributed by atoms with Crippen molar-refractivity contribution in [3.05, 3.63) is 24.3 Å². The Morgan fingerprint density at radius 2 is 1.00 bits per heavy atom. The molecule has 0 aliphatic heterocycles. The van der Waals surface area contributed by atoms with Gasteiger partial charge in [0.25, 0.3) is 0 Å². The third kappa shape index (κ3) is 2.98. The molecule has 1 saturated carbocycles. The first kappa shape index (κ1) is 14.9. The number of hydrogen-bond donors (Lipinski definition) is 0. The van der Waals surface area contributed by atoms with E-state index in [-0.39, 0.29) is 35.2 Å². The molecule has 1 fully saturated rings. The van der Waals surface area contributed by atoms with E-state index >= 15 is 0 Å². The Labute approximate surface area is 110 Å². The highest BCUT2D eigenvalue weighted by Crippen LogP contribution is 2.44. The summed E-state index contributed by atoms with van der Waals surface area (Å²) >= 11 is 0. The SMILES string of the molecule is C=C(C)C1CC(C(C)=O)C(C(C)=O)CC1C(=C)C. The lowest BCUT2D eigenvalue weighted by Crippen LogP contribution is -2.39. The van der Waals surface area contributed by atoms with E-state index in [1.54, 1.807) is 13.8 Å². The normalized spacial score (nSPS) is 31.8. The molecule has 0 aromatic rings. The molecule has 2 nitrogen and oxygen atoms in total. The quantitative estimate of drug-likeness (QED) is 0.713. The Bertz CT molecular complexity index is 318. The van der Waals surface area contributed by atoms with Crippen LogP contribution in [0.15, 0.2) is 24.3 Å². The summed E-state index contributed by atoms with van der Waals surface area (Å²) in [5.41, 5.74) is 2.19. The van der Waals surface area contributed by atoms with E-state index in [4.69, 9.17) is 0 Å². The number of carbonyl (C=O) groups is 2. The average molecular weight is 248 g/mol. The maximum Gasteiger partial charge on any atom is 0.133 e. The zero-order valence-electron chi connectivity index (χ0n) is 12.0. The van der Waals surface area contributed by atoms with Gasteiger partial charge in [0.2, 0.25) is 0 Å². The molecule has 1 aliphatic rings. The molecule has 0 aromatic carbocycles. The van der Waals surface area contributed by atoms with Crippen LogP contribution in [-0.2, 0) is 9.59 Å². The Hall–Kier alpha value is -1.18. The average Bonchev–Trinajstić information content (AvgIpc) is 2.26. The largest absolute Gasteiger partial charge is 0.300 e. The van der Waals surface area contributed by atoms with E-state index in [0.29, 0.717) is 0 Å². The molecule has 0 aromatic heterocycles. The van der Waals surface area contributed by atoms with Crippen LogP contribution in [0.2, 0.25) is 0 Å². The Kier molecular flexibility index (Phi) is 4.66. The first-order valence-electron chi connectivity index (χ1n) is 6.57. The first-order chi connectivity index (χ1) is 8.25. The maximum atomic E-state index is 11.8. The topological polar surface area (TPSA) is 34.1 Å². The lowest BCUT2D eigenvalue weighted by Gasteiger charge is -2.40. The molecule has 18 heavy (non-hydrogen) atoms. The van der Waals surface area contributed by atoms with Crippen molar-refractivity contribution in [2.24, 2.45) is 23.7 Å². The van der Waals surface area contributed by atoms with Crippen LogP contribution in [0.1, 0.15) is 40.5 Å². The Morgan fingerprint density at radius 1 is 0.722 bits per heavy atom. The zero-order chi connectivity index (χ0) is 14.0. The van der Waals surface area contributed by atoms with Crippen LogP contribution in [-0.4, -0.2) is 11.6 Å². The van der Waals surface area contributed by atoms with Crippen LogP contribution in [0, 0.1) is 23.7 Å². The second kappa shape index (κ2) is 5.64. The highest BCUT2D eigenvalue weighted by atomic mass is 16.1. The van der Waals surface area contributed by atoms with Crippen LogP contribution in [0.3, 0.4) is 0 Å². The van der Waals surface area contributed by atoms with Gasteiger partial charge in [-0.2, -0.15) is 0 Å². The smallest absolute Gasteiger partial charge is 0.133 e. The van der Waals surface area contributed by atoms with E-state index < -0.39 is 0 Å². The van der Waals surface area contributed by atoms with Crippen LogP contribution < -0.4 is 0 Å². The predicted molar refractivity (Wildman–Crippen MR) is 74.2 cm³/mol. The standard InChI is InChI=1S/C16H24O2/c1-9(2)13-7-15(11(5)17)16(12(6)18)8-14(13)10(3)4/h13-16H,1,3,7-8H2,2,4-6H3. The van der Waals surface area contributed by atoms with Gasteiger partial charge >= 0.3 is 0 Å². The van der Waals surface area contributed by atoms with Crippen molar-refractivity contribution in [2.45, 2.75) is 40.5 Å². The number of allylic oxidation sites excluding steroid dienone is 2. The molecule has 0 saturated heterocycles. The predicted octanol–water partition coefficient (Wildman–Crippen LogP) is 3.58. The third-order valence-corrected chi connectivity index (χ3v) is 4.30. The minimum absolute atomic E-state index is 0.126. The van der Waals surface area contributed by atoms with E-state index in [9.17, 15) is 9.59 Å². The van der Waals surface area contributed by atoms with Gasteiger partial charge < -0.3 is 0 Å². The lowest BCUT2D eigenvalue weighted by atomic mass is 9.63. The maximum absolute atomic E-state index is 11.8. The summed E-state index contributed by atoms with van der Waals surface area (Å²) < 4.78 is 0. The number of rotatable bonds is 4. The zero-order valence-corrected chi connectivity index (χ0v) is 12.0. The van der Waals surface area contributed by atoms with Gasteiger partial charge in [0.1, 0.15) is 11.6 Å². The Morgan fingerprint density at radius 3 is 1.17 bits per heavy atom. The molecule has 4 atom stereocenters. The molecule has 0 amide bonds. The second-order valence-corrected chi connectivity index (χ2v) is 5.81. The summed E-state index contributed by atoms with van der Waals surface area (Å²) in [5, 5.41) is 0. The molecule has 4 unspecified atom stereocenters. The summed E-state index contributed by atoms with van der Waals surface area (Å²) in [5.74, 6) is 0.543. The van der Waals surface area contributed by atoms with Crippen LogP contribution in [0.25, 0.3) is 0 Å². The molecule has 0 heterocycles. The van der Waals surface area contributed by atoms with Crippen molar-refractivity contribution in [1.29, 1.82) is 0 Å². The van der Waals surface area contributed by atoms with Gasteiger partial charge in [-0.05, 0) is 52.4 Å². The van der Waals surface area contributed by atoms with E-state index in [1.807, 2.05) is 13.8 Å². The third-order valence-electron chi connectivity index (χ3n) is 4.30. The van der Waals surface area contributed by atoms with Gasteiger partial charge in [-0.15, -0.1) is 0 Å². The molecule has 0 radical (unpaired) electrons. The molecular weight excluding hydrogens is 224 g/mol. The van der Waals surface area contributed by atoms with Crippen molar-refractivity contribution < 1.29 is 9.59 Å². The molecule has 0 spiro atoms. The van der Waals surface area contributed by atoms with Crippen molar-refractivity contribution in [3.8, 4) is 0 Å². The van der Waals surface area contributed by atoms with Crippen molar-refractivity contribution in [2.75, 3.05) is 0 Å². The number of ketones is 2. The van der Waals surface area contributed by atoms with Gasteiger partial charge in [-0.25, -0.2) is 0 Å². The van der Waals surface area contributed by atoms with Crippen molar-refractivity contribution in [3.63, 3.8) is 0 Å². The fraction of sp³-hybridized carbons (Fsp3) is 0.625. The minimum atomic E-state index is -0.139. The van der Waals surface area contributed by atoms with E-state index in [1.165, 1.54) is 0 Å². The van der Waals surface area contributed by atoms with Crippen molar-refractivity contribution in [1.82, 2.24) is 0 Å². The highest BCUT2D eigenvalue weighted by Gasteiger charge is 2.41. The van der Waals surface area contributed by atoms with Crippen LogP contribution >= 0.6 is 0 Å². The molecular formula is C16H24O2. The summed E-state index contributed by atoms with van der Waals surface area (Å²) in [7, 11) is 0. The summed E-state index contributed by atoms with van der Waals surface area (Å²) in [6.07, 6.45) is 1.48. The monoisotopic (exact) mass is 248 g/mol. The lowest BCUT2D eigenvalue weighted by molar-refractivity contribution is -0.133. The molecule has 100 valence electrons. The molecule has 1 aliphatic carbocycles. The summed E-state index contributed by atoms with van der Waals surface area (Å²) in [4.78, 5) is 23.5. The highest BCUT2D eigenvalue weighted by molar-refractivity contribution is 5.87. The van der Waals surface area contributed by atoms with Crippen molar-refractivity contribution >= 4 is 11.6 Å². The fourth-order valence-electron chi connectivity index (χ4n) is 3.19. The van der Waals surface area contributed by atoms with Gasteiger partial charge in [0.05, 0.1) is 0 Å². The van der Waals surface area contributed by atoms with Crippen LogP contribution in [0.5, 0.6) is 0 Å². The van der Waals surface area contributed by atoms with E-state index in [0.717, 1.165) is 24.0 Å². The minimum Gasteiger partial charge on any atom is -0.300 e. The Balaban J connectivity index is 3.06. The molecule has 1 rings (SSSR count). The second-order valence-electron chi connectivity index (χ2n) is 5.81. The van der Waals surface area contributed by atoms with Gasteiger partial charge in [-0.1, -0.05) is 24.3 Å².